The minimum atomic E-state index is -3.81. The molecule has 0 aromatic heterocycles. The number of amides is 1. The van der Waals surface area contributed by atoms with Crippen molar-refractivity contribution in [1.82, 2.24) is 9.21 Å². The zero-order valence-corrected chi connectivity index (χ0v) is 16.3. The van der Waals surface area contributed by atoms with Crippen molar-refractivity contribution in [1.29, 1.82) is 0 Å². The second-order valence-electron chi connectivity index (χ2n) is 6.22. The maximum absolute atomic E-state index is 13.3. The van der Waals surface area contributed by atoms with E-state index in [4.69, 9.17) is 11.6 Å². The number of piperazine rings is 1. The molecular weight excluding hydrogens is 412 g/mol. The normalized spacial score (nSPS) is 15.5. The quantitative estimate of drug-likeness (QED) is 0.793. The molecule has 0 unspecified atom stereocenters. The standard InChI is InChI=1S/C18H18ClF2N3O3S/c19-16-11-14(4-5-17(16)21)22-12-18(25)23-6-8-24(9-7-23)28(26,27)15-3-1-2-13(20)10-15/h1-5,10-11,22H,6-9,12H2. The second-order valence-corrected chi connectivity index (χ2v) is 8.57. The predicted molar refractivity (Wildman–Crippen MR) is 102 cm³/mol. The summed E-state index contributed by atoms with van der Waals surface area (Å²) in [6.07, 6.45) is 0. The first kappa shape index (κ1) is 20.5. The van der Waals surface area contributed by atoms with E-state index < -0.39 is 21.7 Å². The van der Waals surface area contributed by atoms with Crippen LogP contribution in [0.5, 0.6) is 0 Å². The Morgan fingerprint density at radius 1 is 1.07 bits per heavy atom. The third kappa shape index (κ3) is 4.60. The average Bonchev–Trinajstić information content (AvgIpc) is 2.68. The summed E-state index contributed by atoms with van der Waals surface area (Å²) >= 11 is 5.70. The van der Waals surface area contributed by atoms with Gasteiger partial charge in [-0.05, 0) is 36.4 Å². The van der Waals surface area contributed by atoms with E-state index in [9.17, 15) is 22.0 Å². The number of benzene rings is 2. The molecule has 3 rings (SSSR count). The van der Waals surface area contributed by atoms with E-state index in [0.717, 1.165) is 6.07 Å². The van der Waals surface area contributed by atoms with Crippen LogP contribution in [0.2, 0.25) is 5.02 Å². The van der Waals surface area contributed by atoms with Crippen LogP contribution >= 0.6 is 11.6 Å². The lowest BCUT2D eigenvalue weighted by atomic mass is 10.3. The van der Waals surface area contributed by atoms with E-state index >= 15 is 0 Å². The van der Waals surface area contributed by atoms with Gasteiger partial charge in [-0.25, -0.2) is 17.2 Å². The molecular formula is C18H18ClF2N3O3S. The maximum atomic E-state index is 13.3. The SMILES string of the molecule is O=C(CNc1ccc(F)c(Cl)c1)N1CCN(S(=O)(=O)c2cccc(F)c2)CC1. The number of nitrogens with one attached hydrogen (secondary N) is 1. The first-order valence-corrected chi connectivity index (χ1v) is 10.3. The Hall–Kier alpha value is -2.23. The lowest BCUT2D eigenvalue weighted by Crippen LogP contribution is -2.51. The smallest absolute Gasteiger partial charge is 0.243 e. The number of halogens is 3. The molecule has 28 heavy (non-hydrogen) atoms. The van der Waals surface area contributed by atoms with Crippen molar-refractivity contribution in [2.75, 3.05) is 38.0 Å². The Morgan fingerprint density at radius 2 is 1.79 bits per heavy atom. The summed E-state index contributed by atoms with van der Waals surface area (Å²) in [7, 11) is -3.81. The van der Waals surface area contributed by atoms with Crippen molar-refractivity contribution in [3.8, 4) is 0 Å². The van der Waals surface area contributed by atoms with Gasteiger partial charge in [-0.1, -0.05) is 17.7 Å². The zero-order valence-electron chi connectivity index (χ0n) is 14.7. The molecule has 0 atom stereocenters. The van der Waals surface area contributed by atoms with E-state index in [2.05, 4.69) is 5.32 Å². The molecule has 150 valence electrons. The lowest BCUT2D eigenvalue weighted by molar-refractivity contribution is -0.130. The summed E-state index contributed by atoms with van der Waals surface area (Å²) in [6, 6.07) is 8.89. The Labute approximate surface area is 166 Å². The van der Waals surface area contributed by atoms with E-state index in [-0.39, 0.29) is 48.5 Å². The third-order valence-corrected chi connectivity index (χ3v) is 6.57. The minimum Gasteiger partial charge on any atom is -0.376 e. The van der Waals surface area contributed by atoms with Gasteiger partial charge in [0.15, 0.2) is 0 Å². The molecule has 2 aromatic rings. The topological polar surface area (TPSA) is 69.7 Å². The van der Waals surface area contributed by atoms with Gasteiger partial charge in [0, 0.05) is 31.9 Å². The molecule has 1 aliphatic rings. The van der Waals surface area contributed by atoms with Crippen molar-refractivity contribution in [2.24, 2.45) is 0 Å². The highest BCUT2D eigenvalue weighted by atomic mass is 35.5. The van der Waals surface area contributed by atoms with Gasteiger partial charge < -0.3 is 10.2 Å². The van der Waals surface area contributed by atoms with Crippen LogP contribution in [0.25, 0.3) is 0 Å². The highest BCUT2D eigenvalue weighted by Gasteiger charge is 2.30. The van der Waals surface area contributed by atoms with Gasteiger partial charge in [0.2, 0.25) is 15.9 Å². The summed E-state index contributed by atoms with van der Waals surface area (Å²) in [4.78, 5) is 13.8. The number of carbonyl (C=O) groups is 1. The molecule has 1 heterocycles. The maximum Gasteiger partial charge on any atom is 0.243 e. The fraction of sp³-hybridized carbons (Fsp3) is 0.278. The van der Waals surface area contributed by atoms with Gasteiger partial charge >= 0.3 is 0 Å². The van der Waals surface area contributed by atoms with E-state index in [1.165, 1.54) is 45.6 Å². The van der Waals surface area contributed by atoms with Gasteiger partial charge in [0.05, 0.1) is 16.5 Å². The van der Waals surface area contributed by atoms with E-state index in [1.54, 1.807) is 0 Å². The van der Waals surface area contributed by atoms with Gasteiger partial charge in [0.1, 0.15) is 11.6 Å². The molecule has 0 spiro atoms. The molecule has 0 aliphatic carbocycles. The monoisotopic (exact) mass is 429 g/mol. The van der Waals surface area contributed by atoms with Crippen molar-refractivity contribution in [2.45, 2.75) is 4.90 Å². The molecule has 0 bridgehead atoms. The number of carbonyl (C=O) groups excluding carboxylic acids is 1. The number of sulfonamides is 1. The summed E-state index contributed by atoms with van der Waals surface area (Å²) in [5, 5.41) is 2.82. The van der Waals surface area contributed by atoms with Crippen molar-refractivity contribution >= 4 is 33.2 Å². The van der Waals surface area contributed by atoms with Crippen LogP contribution in [0, 0.1) is 11.6 Å². The van der Waals surface area contributed by atoms with Gasteiger partial charge in [-0.3, -0.25) is 4.79 Å². The molecule has 1 N–H and O–H groups in total. The Morgan fingerprint density at radius 3 is 2.43 bits per heavy atom. The number of hydrogen-bond donors (Lipinski definition) is 1. The molecule has 0 radical (unpaired) electrons. The van der Waals surface area contributed by atoms with Gasteiger partial charge in [-0.2, -0.15) is 4.31 Å². The van der Waals surface area contributed by atoms with Crippen LogP contribution in [0.3, 0.4) is 0 Å². The highest BCUT2D eigenvalue weighted by molar-refractivity contribution is 7.89. The van der Waals surface area contributed by atoms with Gasteiger partial charge in [-0.15, -0.1) is 0 Å². The molecule has 10 heteroatoms. The largest absolute Gasteiger partial charge is 0.376 e. The Bertz CT molecular complexity index is 980. The lowest BCUT2D eigenvalue weighted by Gasteiger charge is -2.34. The van der Waals surface area contributed by atoms with E-state index in [1.807, 2.05) is 0 Å². The fourth-order valence-corrected chi connectivity index (χ4v) is 4.48. The van der Waals surface area contributed by atoms with Crippen molar-refractivity contribution in [3.63, 3.8) is 0 Å². The van der Waals surface area contributed by atoms with Crippen molar-refractivity contribution < 1.29 is 22.0 Å². The second kappa shape index (κ2) is 8.42. The van der Waals surface area contributed by atoms with E-state index in [0.29, 0.717) is 5.69 Å². The number of hydrogen-bond acceptors (Lipinski definition) is 4. The molecule has 0 saturated carbocycles. The van der Waals surface area contributed by atoms with Crippen LogP contribution in [-0.4, -0.2) is 56.3 Å². The number of nitrogens with zero attached hydrogens (tertiary/aromatic N) is 2. The van der Waals surface area contributed by atoms with Gasteiger partial charge in [0.25, 0.3) is 0 Å². The molecule has 1 amide bonds. The Kier molecular flexibility index (Phi) is 6.17. The summed E-state index contributed by atoms with van der Waals surface area (Å²) < 4.78 is 52.9. The highest BCUT2D eigenvalue weighted by Crippen LogP contribution is 2.20. The third-order valence-electron chi connectivity index (χ3n) is 4.39. The zero-order chi connectivity index (χ0) is 20.3. The molecule has 1 aliphatic heterocycles. The Balaban J connectivity index is 1.55. The molecule has 2 aromatic carbocycles. The van der Waals surface area contributed by atoms with Crippen LogP contribution in [-0.2, 0) is 14.8 Å². The first-order chi connectivity index (χ1) is 13.3. The number of anilines is 1. The molecule has 6 nitrogen and oxygen atoms in total. The number of rotatable bonds is 5. The van der Waals surface area contributed by atoms with Crippen LogP contribution in [0.15, 0.2) is 47.4 Å². The summed E-state index contributed by atoms with van der Waals surface area (Å²) in [6.45, 7) is 0.650. The first-order valence-electron chi connectivity index (χ1n) is 8.50. The fourth-order valence-electron chi connectivity index (χ4n) is 2.85. The summed E-state index contributed by atoms with van der Waals surface area (Å²) in [5.41, 5.74) is 0.507. The summed E-state index contributed by atoms with van der Waals surface area (Å²) in [5.74, 6) is -1.39. The van der Waals surface area contributed by atoms with Crippen LogP contribution in [0.4, 0.5) is 14.5 Å². The predicted octanol–water partition coefficient (Wildman–Crippen LogP) is 2.56. The van der Waals surface area contributed by atoms with Crippen LogP contribution < -0.4 is 5.32 Å². The molecule has 1 saturated heterocycles. The van der Waals surface area contributed by atoms with Crippen molar-refractivity contribution in [3.05, 3.63) is 59.1 Å². The average molecular weight is 430 g/mol. The van der Waals surface area contributed by atoms with Crippen LogP contribution in [0.1, 0.15) is 0 Å². The minimum absolute atomic E-state index is 0.0292. The molecule has 1 fully saturated rings.